The monoisotopic (exact) mass is 219 g/mol. The van der Waals surface area contributed by atoms with E-state index in [2.05, 4.69) is 31.3 Å². The van der Waals surface area contributed by atoms with Crippen molar-refractivity contribution >= 4 is 0 Å². The van der Waals surface area contributed by atoms with E-state index in [1.54, 1.807) is 0 Å². The van der Waals surface area contributed by atoms with E-state index in [0.717, 1.165) is 18.0 Å². The van der Waals surface area contributed by atoms with Crippen LogP contribution in [0.4, 0.5) is 0 Å². The van der Waals surface area contributed by atoms with Crippen LogP contribution in [-0.2, 0) is 0 Å². The van der Waals surface area contributed by atoms with Gasteiger partial charge in [-0.1, -0.05) is 19.9 Å². The van der Waals surface area contributed by atoms with Crippen LogP contribution in [0.25, 0.3) is 0 Å². The average molecular weight is 219 g/mol. The van der Waals surface area contributed by atoms with Gasteiger partial charge < -0.3 is 14.8 Å². The molecule has 0 saturated carbocycles. The van der Waals surface area contributed by atoms with Crippen LogP contribution in [0.5, 0.6) is 11.5 Å². The molecule has 86 valence electrons. The minimum Gasteiger partial charge on any atom is -0.454 e. The first-order valence-corrected chi connectivity index (χ1v) is 5.77. The lowest BCUT2D eigenvalue weighted by atomic mass is 9.88. The third-order valence-electron chi connectivity index (χ3n) is 3.38. The van der Waals surface area contributed by atoms with Gasteiger partial charge >= 0.3 is 0 Å². The predicted octanol–water partition coefficient (Wildman–Crippen LogP) is 2.48. The second-order valence-electron chi connectivity index (χ2n) is 5.41. The molecule has 1 N–H and O–H groups in total. The van der Waals surface area contributed by atoms with E-state index in [1.165, 1.54) is 12.0 Å². The molecule has 0 aliphatic carbocycles. The zero-order valence-corrected chi connectivity index (χ0v) is 9.75. The molecule has 0 amide bonds. The SMILES string of the molecule is CC1(C)CNC(c2ccc3c(c2)OCO3)C1. The first kappa shape index (κ1) is 9.97. The Hall–Kier alpha value is -1.22. The van der Waals surface area contributed by atoms with Crippen molar-refractivity contribution in [2.75, 3.05) is 13.3 Å². The molecule has 1 aromatic carbocycles. The quantitative estimate of drug-likeness (QED) is 0.787. The highest BCUT2D eigenvalue weighted by Gasteiger charge is 2.31. The lowest BCUT2D eigenvalue weighted by Crippen LogP contribution is -2.16. The molecule has 2 aliphatic rings. The zero-order chi connectivity index (χ0) is 11.2. The molecule has 2 heterocycles. The predicted molar refractivity (Wildman–Crippen MR) is 61.7 cm³/mol. The first-order chi connectivity index (χ1) is 7.64. The van der Waals surface area contributed by atoms with Crippen molar-refractivity contribution in [3.63, 3.8) is 0 Å². The van der Waals surface area contributed by atoms with Gasteiger partial charge in [0.1, 0.15) is 0 Å². The number of hydrogen-bond donors (Lipinski definition) is 1. The highest BCUT2D eigenvalue weighted by Crippen LogP contribution is 2.39. The van der Waals surface area contributed by atoms with Gasteiger partial charge in [0.25, 0.3) is 0 Å². The molecule has 1 unspecified atom stereocenters. The zero-order valence-electron chi connectivity index (χ0n) is 9.75. The van der Waals surface area contributed by atoms with Gasteiger partial charge in [-0.15, -0.1) is 0 Å². The number of ether oxygens (including phenoxy) is 2. The fourth-order valence-electron chi connectivity index (χ4n) is 2.46. The molecular weight excluding hydrogens is 202 g/mol. The highest BCUT2D eigenvalue weighted by molar-refractivity contribution is 5.45. The van der Waals surface area contributed by atoms with Gasteiger partial charge in [0.2, 0.25) is 6.79 Å². The van der Waals surface area contributed by atoms with Crippen molar-refractivity contribution in [3.8, 4) is 11.5 Å². The van der Waals surface area contributed by atoms with Crippen LogP contribution in [0.2, 0.25) is 0 Å². The van der Waals surface area contributed by atoms with Crippen LogP contribution in [-0.4, -0.2) is 13.3 Å². The Balaban J connectivity index is 1.85. The van der Waals surface area contributed by atoms with Gasteiger partial charge in [-0.25, -0.2) is 0 Å². The first-order valence-electron chi connectivity index (χ1n) is 5.77. The summed E-state index contributed by atoms with van der Waals surface area (Å²) < 4.78 is 10.7. The molecule has 1 fully saturated rings. The number of nitrogens with one attached hydrogen (secondary N) is 1. The van der Waals surface area contributed by atoms with Gasteiger partial charge in [-0.2, -0.15) is 0 Å². The largest absolute Gasteiger partial charge is 0.454 e. The smallest absolute Gasteiger partial charge is 0.231 e. The van der Waals surface area contributed by atoms with Gasteiger partial charge in [-0.05, 0) is 29.5 Å². The van der Waals surface area contributed by atoms with Crippen molar-refractivity contribution < 1.29 is 9.47 Å². The normalized spacial score (nSPS) is 26.0. The lowest BCUT2D eigenvalue weighted by molar-refractivity contribution is 0.174. The van der Waals surface area contributed by atoms with Crippen LogP contribution >= 0.6 is 0 Å². The van der Waals surface area contributed by atoms with Crippen molar-refractivity contribution in [1.82, 2.24) is 5.32 Å². The minimum absolute atomic E-state index is 0.350. The van der Waals surface area contributed by atoms with E-state index >= 15 is 0 Å². The van der Waals surface area contributed by atoms with Crippen LogP contribution < -0.4 is 14.8 Å². The molecule has 2 aliphatic heterocycles. The molecule has 16 heavy (non-hydrogen) atoms. The van der Waals surface area contributed by atoms with Crippen molar-refractivity contribution in [2.24, 2.45) is 5.41 Å². The second-order valence-corrected chi connectivity index (χ2v) is 5.41. The molecule has 1 aromatic rings. The lowest BCUT2D eigenvalue weighted by Gasteiger charge is -2.15. The van der Waals surface area contributed by atoms with E-state index in [9.17, 15) is 0 Å². The second kappa shape index (κ2) is 3.39. The average Bonchev–Trinajstić information content (AvgIpc) is 2.82. The maximum Gasteiger partial charge on any atom is 0.231 e. The summed E-state index contributed by atoms with van der Waals surface area (Å²) in [5, 5.41) is 3.56. The molecule has 0 radical (unpaired) electrons. The molecule has 0 bridgehead atoms. The van der Waals surface area contributed by atoms with Gasteiger partial charge in [0.05, 0.1) is 0 Å². The summed E-state index contributed by atoms with van der Waals surface area (Å²) >= 11 is 0. The topological polar surface area (TPSA) is 30.5 Å². The van der Waals surface area contributed by atoms with Crippen LogP contribution in [0.3, 0.4) is 0 Å². The summed E-state index contributed by atoms with van der Waals surface area (Å²) in [5.74, 6) is 1.74. The van der Waals surface area contributed by atoms with Crippen LogP contribution in [0.1, 0.15) is 31.9 Å². The summed E-state index contributed by atoms with van der Waals surface area (Å²) in [6.07, 6.45) is 1.17. The summed E-state index contributed by atoms with van der Waals surface area (Å²) in [4.78, 5) is 0. The Kier molecular flexibility index (Phi) is 2.11. The van der Waals surface area contributed by atoms with Crippen LogP contribution in [0, 0.1) is 5.41 Å². The molecule has 0 aromatic heterocycles. The third kappa shape index (κ3) is 1.65. The molecular formula is C13H17NO2. The Morgan fingerprint density at radius 3 is 2.81 bits per heavy atom. The maximum absolute atomic E-state index is 5.40. The molecule has 3 rings (SSSR count). The summed E-state index contributed by atoms with van der Waals surface area (Å²) in [6.45, 7) is 6.02. The van der Waals surface area contributed by atoms with Crippen molar-refractivity contribution in [1.29, 1.82) is 0 Å². The molecule has 1 saturated heterocycles. The Labute approximate surface area is 95.8 Å². The van der Waals surface area contributed by atoms with E-state index in [-0.39, 0.29) is 0 Å². The Bertz CT molecular complexity index is 414. The standard InChI is InChI=1S/C13H17NO2/c1-13(2)6-10(14-7-13)9-3-4-11-12(5-9)16-8-15-11/h3-5,10,14H,6-8H2,1-2H3. The molecule has 3 nitrogen and oxygen atoms in total. The Morgan fingerprint density at radius 2 is 2.06 bits per heavy atom. The van der Waals surface area contributed by atoms with E-state index < -0.39 is 0 Å². The summed E-state index contributed by atoms with van der Waals surface area (Å²) in [5.41, 5.74) is 1.69. The minimum atomic E-state index is 0.350. The number of benzene rings is 1. The van der Waals surface area contributed by atoms with Crippen molar-refractivity contribution in [3.05, 3.63) is 23.8 Å². The molecule has 3 heteroatoms. The van der Waals surface area contributed by atoms with Gasteiger partial charge in [0, 0.05) is 12.6 Å². The highest BCUT2D eigenvalue weighted by atomic mass is 16.7. The number of fused-ring (bicyclic) bond motifs is 1. The maximum atomic E-state index is 5.40. The number of hydrogen-bond acceptors (Lipinski definition) is 3. The van der Waals surface area contributed by atoms with Crippen LogP contribution in [0.15, 0.2) is 18.2 Å². The fraction of sp³-hybridized carbons (Fsp3) is 0.538. The van der Waals surface area contributed by atoms with E-state index in [4.69, 9.17) is 9.47 Å². The third-order valence-corrected chi connectivity index (χ3v) is 3.38. The summed E-state index contributed by atoms with van der Waals surface area (Å²) in [7, 11) is 0. The molecule has 0 spiro atoms. The number of rotatable bonds is 1. The van der Waals surface area contributed by atoms with Gasteiger partial charge in [0.15, 0.2) is 11.5 Å². The van der Waals surface area contributed by atoms with Gasteiger partial charge in [-0.3, -0.25) is 0 Å². The van der Waals surface area contributed by atoms with E-state index in [1.807, 2.05) is 6.07 Å². The fourth-order valence-corrected chi connectivity index (χ4v) is 2.46. The molecule has 1 atom stereocenters. The van der Waals surface area contributed by atoms with E-state index in [0.29, 0.717) is 18.2 Å². The summed E-state index contributed by atoms with van der Waals surface area (Å²) in [6, 6.07) is 6.68. The van der Waals surface area contributed by atoms with Crippen molar-refractivity contribution in [2.45, 2.75) is 26.3 Å². The Morgan fingerprint density at radius 1 is 1.25 bits per heavy atom.